The molecule has 6 heteroatoms. The van der Waals surface area contributed by atoms with Crippen molar-refractivity contribution in [2.24, 2.45) is 5.84 Å². The van der Waals surface area contributed by atoms with Gasteiger partial charge in [-0.2, -0.15) is 0 Å². The first-order valence-electron chi connectivity index (χ1n) is 6.22. The van der Waals surface area contributed by atoms with Crippen LogP contribution in [-0.4, -0.2) is 21.4 Å². The Morgan fingerprint density at radius 1 is 1.28 bits per heavy atom. The Bertz CT molecular complexity index is 395. The first kappa shape index (κ1) is 14.4. The summed E-state index contributed by atoms with van der Waals surface area (Å²) in [5.41, 5.74) is 2.47. The van der Waals surface area contributed by atoms with Crippen molar-refractivity contribution in [2.75, 3.05) is 5.43 Å². The quantitative estimate of drug-likeness (QED) is 0.526. The Morgan fingerprint density at radius 3 is 2.39 bits per heavy atom. The molecule has 0 aliphatic heterocycles. The molecule has 0 radical (unpaired) electrons. The van der Waals surface area contributed by atoms with Gasteiger partial charge in [0.2, 0.25) is 0 Å². The van der Waals surface area contributed by atoms with Gasteiger partial charge in [-0.25, -0.2) is 10.8 Å². The molecule has 6 nitrogen and oxygen atoms in total. The molecule has 0 spiro atoms. The second kappa shape index (κ2) is 6.30. The molecule has 100 valence electrons. The van der Waals surface area contributed by atoms with Crippen molar-refractivity contribution in [1.29, 1.82) is 0 Å². The number of nitrogen functional groups attached to an aromatic ring is 1. The smallest absolute Gasteiger partial charge is 0.272 e. The average Bonchev–Trinajstić information content (AvgIpc) is 2.44. The first-order valence-corrected chi connectivity index (χ1v) is 6.22. The number of carbonyl (C=O) groups is 1. The molecule has 0 saturated heterocycles. The topological polar surface area (TPSA) is 92.9 Å². The summed E-state index contributed by atoms with van der Waals surface area (Å²) in [7, 11) is 0. The highest BCUT2D eigenvalue weighted by atomic mass is 16.2. The Hall–Kier alpha value is -1.69. The summed E-state index contributed by atoms with van der Waals surface area (Å²) < 4.78 is 0. The van der Waals surface area contributed by atoms with Gasteiger partial charge in [-0.1, -0.05) is 20.8 Å². The lowest BCUT2D eigenvalue weighted by Crippen LogP contribution is -2.47. The minimum Gasteiger partial charge on any atom is -0.345 e. The predicted molar refractivity (Wildman–Crippen MR) is 70.9 cm³/mol. The van der Waals surface area contributed by atoms with Crippen molar-refractivity contribution in [3.63, 3.8) is 0 Å². The van der Waals surface area contributed by atoms with Crippen LogP contribution in [0.5, 0.6) is 0 Å². The van der Waals surface area contributed by atoms with Crippen molar-refractivity contribution in [3.05, 3.63) is 18.1 Å². The summed E-state index contributed by atoms with van der Waals surface area (Å²) in [6, 6.07) is 0. The SMILES string of the molecule is CCC(CC)(CC)NC(=O)c1cncc(NN)n1. The Kier molecular flexibility index (Phi) is 5.03. The van der Waals surface area contributed by atoms with Crippen LogP contribution in [0.15, 0.2) is 12.4 Å². The van der Waals surface area contributed by atoms with E-state index in [1.807, 2.05) is 0 Å². The summed E-state index contributed by atoms with van der Waals surface area (Å²) in [4.78, 5) is 20.1. The number of anilines is 1. The molecule has 1 rings (SSSR count). The highest BCUT2D eigenvalue weighted by molar-refractivity contribution is 5.92. The fourth-order valence-corrected chi connectivity index (χ4v) is 1.86. The van der Waals surface area contributed by atoms with Gasteiger partial charge in [-0.05, 0) is 19.3 Å². The zero-order chi connectivity index (χ0) is 13.6. The molecule has 0 fully saturated rings. The fraction of sp³-hybridized carbons (Fsp3) is 0.583. The Morgan fingerprint density at radius 2 is 1.89 bits per heavy atom. The van der Waals surface area contributed by atoms with Crippen molar-refractivity contribution in [3.8, 4) is 0 Å². The minimum absolute atomic E-state index is 0.176. The van der Waals surface area contributed by atoms with E-state index < -0.39 is 0 Å². The zero-order valence-corrected chi connectivity index (χ0v) is 11.2. The maximum atomic E-state index is 12.1. The van der Waals surface area contributed by atoms with Gasteiger partial charge >= 0.3 is 0 Å². The number of hydrogen-bond acceptors (Lipinski definition) is 5. The van der Waals surface area contributed by atoms with Crippen molar-refractivity contribution < 1.29 is 4.79 Å². The Labute approximate surface area is 107 Å². The van der Waals surface area contributed by atoms with E-state index in [9.17, 15) is 4.79 Å². The summed E-state index contributed by atoms with van der Waals surface area (Å²) in [5, 5.41) is 3.04. The molecular weight excluding hydrogens is 230 g/mol. The lowest BCUT2D eigenvalue weighted by molar-refractivity contribution is 0.0882. The highest BCUT2D eigenvalue weighted by Gasteiger charge is 2.26. The highest BCUT2D eigenvalue weighted by Crippen LogP contribution is 2.19. The molecule has 1 amide bonds. The molecule has 18 heavy (non-hydrogen) atoms. The normalized spacial score (nSPS) is 11.1. The van der Waals surface area contributed by atoms with E-state index in [0.717, 1.165) is 19.3 Å². The summed E-state index contributed by atoms with van der Waals surface area (Å²) in [6.07, 6.45) is 5.54. The van der Waals surface area contributed by atoms with Crippen molar-refractivity contribution in [1.82, 2.24) is 15.3 Å². The van der Waals surface area contributed by atoms with E-state index in [0.29, 0.717) is 5.82 Å². The zero-order valence-electron chi connectivity index (χ0n) is 11.2. The van der Waals surface area contributed by atoms with Crippen molar-refractivity contribution >= 4 is 11.7 Å². The van der Waals surface area contributed by atoms with Gasteiger partial charge in [0, 0.05) is 5.54 Å². The molecule has 1 heterocycles. The van der Waals surface area contributed by atoms with Crippen LogP contribution < -0.4 is 16.6 Å². The molecule has 1 aromatic rings. The number of hydrogen-bond donors (Lipinski definition) is 3. The number of nitrogens with two attached hydrogens (primary N) is 1. The van der Waals surface area contributed by atoms with E-state index in [2.05, 4.69) is 41.5 Å². The molecule has 0 aromatic carbocycles. The molecule has 0 aliphatic carbocycles. The number of hydrazine groups is 1. The summed E-state index contributed by atoms with van der Waals surface area (Å²) in [5.74, 6) is 5.40. The minimum atomic E-state index is -0.217. The number of aromatic nitrogens is 2. The van der Waals surface area contributed by atoms with Crippen LogP contribution in [0.1, 0.15) is 50.5 Å². The van der Waals surface area contributed by atoms with Gasteiger partial charge < -0.3 is 10.7 Å². The van der Waals surface area contributed by atoms with Gasteiger partial charge in [-0.3, -0.25) is 9.78 Å². The number of nitrogens with one attached hydrogen (secondary N) is 2. The van der Waals surface area contributed by atoms with E-state index >= 15 is 0 Å². The first-order chi connectivity index (χ1) is 8.60. The van der Waals surface area contributed by atoms with Crippen LogP contribution in [0.2, 0.25) is 0 Å². The molecule has 0 unspecified atom stereocenters. The van der Waals surface area contributed by atoms with E-state index in [-0.39, 0.29) is 17.1 Å². The molecule has 0 atom stereocenters. The lowest BCUT2D eigenvalue weighted by atomic mass is 9.89. The van der Waals surface area contributed by atoms with Gasteiger partial charge in [0.25, 0.3) is 5.91 Å². The van der Waals surface area contributed by atoms with E-state index in [1.165, 1.54) is 12.4 Å². The number of rotatable bonds is 6. The summed E-state index contributed by atoms with van der Waals surface area (Å²) in [6.45, 7) is 6.20. The third kappa shape index (κ3) is 3.16. The molecule has 0 saturated carbocycles. The fourth-order valence-electron chi connectivity index (χ4n) is 1.86. The monoisotopic (exact) mass is 251 g/mol. The second-order valence-electron chi connectivity index (χ2n) is 4.23. The van der Waals surface area contributed by atoms with Gasteiger partial charge in [-0.15, -0.1) is 0 Å². The summed E-state index contributed by atoms with van der Waals surface area (Å²) >= 11 is 0. The van der Waals surface area contributed by atoms with Crippen LogP contribution in [0, 0.1) is 0 Å². The largest absolute Gasteiger partial charge is 0.345 e. The van der Waals surface area contributed by atoms with Gasteiger partial charge in [0.05, 0.1) is 12.4 Å². The standard InChI is InChI=1S/C12H21N5O/c1-4-12(5-2,6-3)16-11(18)9-7-14-8-10(15-9)17-13/h7-8H,4-6,13H2,1-3H3,(H,15,17)(H,16,18). The number of carbonyl (C=O) groups excluding carboxylic acids is 1. The lowest BCUT2D eigenvalue weighted by Gasteiger charge is -2.31. The van der Waals surface area contributed by atoms with Crippen LogP contribution >= 0.6 is 0 Å². The van der Waals surface area contributed by atoms with Gasteiger partial charge in [0.1, 0.15) is 5.69 Å². The number of amides is 1. The van der Waals surface area contributed by atoms with E-state index in [4.69, 9.17) is 5.84 Å². The van der Waals surface area contributed by atoms with E-state index in [1.54, 1.807) is 0 Å². The van der Waals surface area contributed by atoms with Crippen LogP contribution in [0.3, 0.4) is 0 Å². The predicted octanol–water partition coefficient (Wildman–Crippen LogP) is 1.46. The van der Waals surface area contributed by atoms with Crippen LogP contribution in [0.4, 0.5) is 5.82 Å². The van der Waals surface area contributed by atoms with Crippen molar-refractivity contribution in [2.45, 2.75) is 45.6 Å². The number of nitrogens with zero attached hydrogens (tertiary/aromatic N) is 2. The second-order valence-corrected chi connectivity index (χ2v) is 4.23. The van der Waals surface area contributed by atoms with Gasteiger partial charge in [0.15, 0.2) is 5.82 Å². The maximum absolute atomic E-state index is 12.1. The Balaban J connectivity index is 2.86. The average molecular weight is 251 g/mol. The van der Waals surface area contributed by atoms with Crippen LogP contribution in [0.25, 0.3) is 0 Å². The molecular formula is C12H21N5O. The molecule has 0 aliphatic rings. The molecule has 1 aromatic heterocycles. The van der Waals surface area contributed by atoms with Crippen LogP contribution in [-0.2, 0) is 0 Å². The molecule has 4 N–H and O–H groups in total. The third-order valence-electron chi connectivity index (χ3n) is 3.42. The third-order valence-corrected chi connectivity index (χ3v) is 3.42. The molecule has 0 bridgehead atoms. The maximum Gasteiger partial charge on any atom is 0.272 e.